The Morgan fingerprint density at radius 3 is 2.27 bits per heavy atom. The van der Waals surface area contributed by atoms with Crippen LogP contribution in [-0.2, 0) is 6.54 Å². The molecule has 0 fully saturated rings. The molecule has 0 aliphatic heterocycles. The minimum absolute atomic E-state index is 0. The highest BCUT2D eigenvalue weighted by Crippen LogP contribution is 2.30. The van der Waals surface area contributed by atoms with E-state index in [4.69, 9.17) is 26.8 Å². The second-order valence-corrected chi connectivity index (χ2v) is 7.77. The zero-order valence-corrected chi connectivity index (χ0v) is 19.8. The van der Waals surface area contributed by atoms with E-state index < -0.39 is 0 Å². The van der Waals surface area contributed by atoms with Crippen LogP contribution >= 0.6 is 36.4 Å². The molecule has 2 aromatic carbocycles. The lowest BCUT2D eigenvalue weighted by Gasteiger charge is -2.34. The maximum atomic E-state index is 6.68. The Morgan fingerprint density at radius 2 is 1.67 bits per heavy atom. The normalized spacial score (nSPS) is 11.9. The average Bonchev–Trinajstić information content (AvgIpc) is 2.70. The number of benzene rings is 2. The molecule has 0 aliphatic carbocycles. The number of rotatable bonds is 7. The Labute approximate surface area is 195 Å². The topological polar surface area (TPSA) is 69.4 Å². The number of pyridine rings is 1. The van der Waals surface area contributed by atoms with Crippen LogP contribution in [0.3, 0.4) is 0 Å². The first-order valence-corrected chi connectivity index (χ1v) is 9.48. The molecule has 3 N–H and O–H groups in total. The summed E-state index contributed by atoms with van der Waals surface area (Å²) in [6.45, 7) is 4.82. The van der Waals surface area contributed by atoms with Crippen molar-refractivity contribution in [2.75, 3.05) is 14.2 Å². The van der Waals surface area contributed by atoms with Gasteiger partial charge in [-0.3, -0.25) is 4.98 Å². The molecular weight excluding hydrogens is 445 g/mol. The molecule has 8 heteroatoms. The van der Waals surface area contributed by atoms with Crippen molar-refractivity contribution in [1.82, 2.24) is 10.3 Å². The van der Waals surface area contributed by atoms with Crippen LogP contribution in [0, 0.1) is 0 Å². The first-order chi connectivity index (χ1) is 13.3. The zero-order valence-electron chi connectivity index (χ0n) is 17.4. The van der Waals surface area contributed by atoms with Crippen LogP contribution in [0.5, 0.6) is 11.5 Å². The molecule has 30 heavy (non-hydrogen) atoms. The molecule has 5 nitrogen and oxygen atoms in total. The third-order valence-electron chi connectivity index (χ3n) is 5.01. The van der Waals surface area contributed by atoms with Crippen molar-refractivity contribution in [2.45, 2.75) is 32.0 Å². The Morgan fingerprint density at radius 1 is 1.03 bits per heavy atom. The van der Waals surface area contributed by atoms with Gasteiger partial charge in [-0.15, -0.1) is 24.8 Å². The zero-order chi connectivity index (χ0) is 20.3. The fourth-order valence-corrected chi connectivity index (χ4v) is 3.38. The second kappa shape index (κ2) is 11.0. The fraction of sp³-hybridized carbons (Fsp3) is 0.318. The summed E-state index contributed by atoms with van der Waals surface area (Å²) < 4.78 is 10.7. The summed E-state index contributed by atoms with van der Waals surface area (Å²) in [5.41, 5.74) is 9.24. The van der Waals surface area contributed by atoms with Crippen molar-refractivity contribution in [1.29, 1.82) is 0 Å². The summed E-state index contributed by atoms with van der Waals surface area (Å²) in [5, 5.41) is 5.24. The Hall–Kier alpha value is -1.76. The maximum Gasteiger partial charge on any atom is 0.122 e. The molecule has 1 unspecified atom stereocenters. The summed E-state index contributed by atoms with van der Waals surface area (Å²) in [5.74, 6) is 1.52. The predicted octanol–water partition coefficient (Wildman–Crippen LogP) is 5.32. The molecule has 1 heterocycles. The number of nitrogens with one attached hydrogen (secondary N) is 1. The Kier molecular flexibility index (Phi) is 9.66. The highest BCUT2D eigenvalue weighted by molar-refractivity contribution is 6.31. The quantitative estimate of drug-likeness (QED) is 0.487. The van der Waals surface area contributed by atoms with E-state index in [0.29, 0.717) is 11.6 Å². The van der Waals surface area contributed by atoms with E-state index in [2.05, 4.69) is 24.1 Å². The van der Waals surface area contributed by atoms with Crippen molar-refractivity contribution in [3.63, 3.8) is 0 Å². The predicted molar refractivity (Wildman–Crippen MR) is 129 cm³/mol. The molecule has 0 radical (unpaired) electrons. The van der Waals surface area contributed by atoms with Gasteiger partial charge in [-0.25, -0.2) is 0 Å². The number of hydrogen-bond donors (Lipinski definition) is 2. The van der Waals surface area contributed by atoms with Gasteiger partial charge in [0, 0.05) is 40.8 Å². The monoisotopic (exact) mass is 471 g/mol. The molecule has 3 rings (SSSR count). The molecule has 0 bridgehead atoms. The van der Waals surface area contributed by atoms with Crippen LogP contribution in [0.1, 0.15) is 31.0 Å². The highest BCUT2D eigenvalue weighted by atomic mass is 35.5. The van der Waals surface area contributed by atoms with Gasteiger partial charge in [0.15, 0.2) is 0 Å². The van der Waals surface area contributed by atoms with Crippen LogP contribution in [0.25, 0.3) is 10.9 Å². The molecule has 0 saturated carbocycles. The van der Waals surface area contributed by atoms with Gasteiger partial charge in [0.05, 0.1) is 19.7 Å². The van der Waals surface area contributed by atoms with Gasteiger partial charge in [-0.2, -0.15) is 0 Å². The minimum Gasteiger partial charge on any atom is -0.497 e. The number of ether oxygens (including phenoxy) is 2. The van der Waals surface area contributed by atoms with Gasteiger partial charge < -0.3 is 20.5 Å². The number of methoxy groups -OCH3 is 2. The molecule has 1 aromatic heterocycles. The van der Waals surface area contributed by atoms with Crippen LogP contribution in [0.15, 0.2) is 48.7 Å². The second-order valence-electron chi connectivity index (χ2n) is 7.34. The molecule has 0 aliphatic rings. The first kappa shape index (κ1) is 26.3. The van der Waals surface area contributed by atoms with E-state index in [1.807, 2.05) is 42.5 Å². The van der Waals surface area contributed by atoms with Crippen molar-refractivity contribution in [3.05, 3.63) is 64.8 Å². The number of nitrogens with zero attached hydrogens (tertiary/aromatic N) is 1. The van der Waals surface area contributed by atoms with E-state index in [9.17, 15) is 0 Å². The van der Waals surface area contributed by atoms with E-state index in [1.165, 1.54) is 0 Å². The summed E-state index contributed by atoms with van der Waals surface area (Å²) in [7, 11) is 3.29. The summed E-state index contributed by atoms with van der Waals surface area (Å²) in [6, 6.07) is 13.3. The summed E-state index contributed by atoms with van der Waals surface area (Å²) in [4.78, 5) is 4.41. The van der Waals surface area contributed by atoms with Gasteiger partial charge in [0.2, 0.25) is 0 Å². The molecule has 0 amide bonds. The molecule has 1 atom stereocenters. The third kappa shape index (κ3) is 5.90. The number of hydrogen-bond acceptors (Lipinski definition) is 5. The van der Waals surface area contributed by atoms with E-state index >= 15 is 0 Å². The Bertz CT molecular complexity index is 961. The summed E-state index contributed by atoms with van der Waals surface area (Å²) >= 11 is 6.10. The highest BCUT2D eigenvalue weighted by Gasteiger charge is 2.28. The van der Waals surface area contributed by atoms with Crippen LogP contribution in [0.2, 0.25) is 5.02 Å². The maximum absolute atomic E-state index is 6.68. The number of halogens is 3. The standard InChI is InChI=1S/C22H26ClN3O2.2ClH/c1-22(2,26-13-14-9-16(27-3)12-17(10-14)28-4)21(24)19-7-8-25-20-11-15(23)5-6-18(19)20;;/h5-12,21,26H,13,24H2,1-4H3;2*1H. The molecule has 164 valence electrons. The SMILES string of the molecule is COc1cc(CNC(C)(C)C(N)c2ccnc3cc(Cl)ccc23)cc(OC)c1.Cl.Cl. The van der Waals surface area contributed by atoms with Crippen molar-refractivity contribution >= 4 is 47.3 Å². The van der Waals surface area contributed by atoms with Gasteiger partial charge in [-0.05, 0) is 55.3 Å². The van der Waals surface area contributed by atoms with Gasteiger partial charge in [0.1, 0.15) is 11.5 Å². The van der Waals surface area contributed by atoms with Gasteiger partial charge in [-0.1, -0.05) is 17.7 Å². The van der Waals surface area contributed by atoms with Crippen LogP contribution in [0.4, 0.5) is 0 Å². The average molecular weight is 473 g/mol. The molecule has 0 spiro atoms. The van der Waals surface area contributed by atoms with Crippen LogP contribution in [-0.4, -0.2) is 24.7 Å². The minimum atomic E-state index is -0.371. The summed E-state index contributed by atoms with van der Waals surface area (Å²) in [6.07, 6.45) is 1.77. The third-order valence-corrected chi connectivity index (χ3v) is 5.25. The lowest BCUT2D eigenvalue weighted by atomic mass is 9.87. The van der Waals surface area contributed by atoms with Gasteiger partial charge >= 0.3 is 0 Å². The van der Waals surface area contributed by atoms with Crippen LogP contribution < -0.4 is 20.5 Å². The molecule has 0 saturated heterocycles. The lowest BCUT2D eigenvalue weighted by molar-refractivity contribution is 0.321. The Balaban J connectivity index is 0.00000225. The van der Waals surface area contributed by atoms with Crippen molar-refractivity contribution < 1.29 is 9.47 Å². The lowest BCUT2D eigenvalue weighted by Crippen LogP contribution is -2.48. The van der Waals surface area contributed by atoms with Crippen molar-refractivity contribution in [3.8, 4) is 11.5 Å². The van der Waals surface area contributed by atoms with E-state index in [0.717, 1.165) is 33.5 Å². The molecular formula is C22H28Cl3N3O2. The van der Waals surface area contributed by atoms with Gasteiger partial charge in [0.25, 0.3) is 0 Å². The number of aromatic nitrogens is 1. The van der Waals surface area contributed by atoms with E-state index in [1.54, 1.807) is 20.4 Å². The molecule has 3 aromatic rings. The largest absolute Gasteiger partial charge is 0.497 e. The fourth-order valence-electron chi connectivity index (χ4n) is 3.21. The smallest absolute Gasteiger partial charge is 0.122 e. The number of nitrogens with two attached hydrogens (primary N) is 1. The van der Waals surface area contributed by atoms with Crippen molar-refractivity contribution in [2.24, 2.45) is 5.73 Å². The van der Waals surface area contributed by atoms with E-state index in [-0.39, 0.29) is 36.4 Å². The number of fused-ring (bicyclic) bond motifs is 1. The first-order valence-electron chi connectivity index (χ1n) is 9.11.